The zero-order chi connectivity index (χ0) is 15.5. The van der Waals surface area contributed by atoms with Crippen LogP contribution in [0.3, 0.4) is 0 Å². The Kier molecular flexibility index (Phi) is 4.73. The van der Waals surface area contributed by atoms with Gasteiger partial charge in [0.05, 0.1) is 6.61 Å². The van der Waals surface area contributed by atoms with Gasteiger partial charge in [-0.25, -0.2) is 9.97 Å². The Balaban J connectivity index is 2.05. The molecule has 1 aromatic carbocycles. The molecule has 3 nitrogen and oxygen atoms in total. The van der Waals surface area contributed by atoms with Gasteiger partial charge < -0.3 is 4.74 Å². The lowest BCUT2D eigenvalue weighted by atomic mass is 9.85. The highest BCUT2D eigenvalue weighted by Gasteiger charge is 2.21. The summed E-state index contributed by atoms with van der Waals surface area (Å²) >= 11 is 0. The summed E-state index contributed by atoms with van der Waals surface area (Å²) in [6.45, 7) is 11.7. The molecule has 2 rings (SSSR count). The Morgan fingerprint density at radius 2 is 1.48 bits per heavy atom. The second-order valence-corrected chi connectivity index (χ2v) is 6.41. The third kappa shape index (κ3) is 4.11. The van der Waals surface area contributed by atoms with Crippen LogP contribution < -0.4 is 0 Å². The van der Waals surface area contributed by atoms with Gasteiger partial charge in [0.1, 0.15) is 6.61 Å². The number of rotatable bonds is 4. The minimum Gasteiger partial charge on any atom is -0.369 e. The van der Waals surface area contributed by atoms with Gasteiger partial charge in [-0.3, -0.25) is 0 Å². The van der Waals surface area contributed by atoms with E-state index in [9.17, 15) is 0 Å². The molecule has 3 heteroatoms. The highest BCUT2D eigenvalue weighted by Crippen LogP contribution is 2.26. The highest BCUT2D eigenvalue weighted by molar-refractivity contribution is 5.31. The fourth-order valence-corrected chi connectivity index (χ4v) is 2.77. The predicted octanol–water partition coefficient (Wildman–Crippen LogP) is 4.11. The Bertz CT molecular complexity index is 577. The van der Waals surface area contributed by atoms with Gasteiger partial charge in [0.15, 0.2) is 5.82 Å². The van der Waals surface area contributed by atoms with Crippen LogP contribution in [0, 0.1) is 13.8 Å². The van der Waals surface area contributed by atoms with E-state index in [1.807, 2.05) is 18.2 Å². The lowest BCUT2D eigenvalue weighted by Gasteiger charge is -2.23. The SMILES string of the molecule is Cc1nc(COCc2ccccc2)nc(C)c1C(C)(C)C. The fraction of sp³-hybridized carbons (Fsp3) is 0.444. The molecular formula is C18H24N2O. The van der Waals surface area contributed by atoms with E-state index in [0.29, 0.717) is 13.2 Å². The van der Waals surface area contributed by atoms with Gasteiger partial charge in [0.2, 0.25) is 0 Å². The van der Waals surface area contributed by atoms with Crippen LogP contribution in [0.1, 0.15) is 49.1 Å². The van der Waals surface area contributed by atoms with Gasteiger partial charge >= 0.3 is 0 Å². The molecule has 0 radical (unpaired) electrons. The maximum Gasteiger partial charge on any atom is 0.154 e. The fourth-order valence-electron chi connectivity index (χ4n) is 2.77. The van der Waals surface area contributed by atoms with Crippen molar-refractivity contribution in [1.82, 2.24) is 9.97 Å². The van der Waals surface area contributed by atoms with Crippen LogP contribution in [0.15, 0.2) is 30.3 Å². The molecule has 1 aromatic heterocycles. The number of hydrogen-bond acceptors (Lipinski definition) is 3. The van der Waals surface area contributed by atoms with Crippen LogP contribution in [0.25, 0.3) is 0 Å². The lowest BCUT2D eigenvalue weighted by Crippen LogP contribution is -2.18. The van der Waals surface area contributed by atoms with E-state index in [1.54, 1.807) is 0 Å². The van der Waals surface area contributed by atoms with Crippen molar-refractivity contribution < 1.29 is 4.74 Å². The van der Waals surface area contributed by atoms with Crippen molar-refractivity contribution in [1.29, 1.82) is 0 Å². The van der Waals surface area contributed by atoms with Gasteiger partial charge in [0, 0.05) is 17.0 Å². The zero-order valence-corrected chi connectivity index (χ0v) is 13.6. The first-order valence-corrected chi connectivity index (χ1v) is 7.34. The van der Waals surface area contributed by atoms with Crippen LogP contribution in [-0.2, 0) is 23.4 Å². The molecule has 0 unspecified atom stereocenters. The van der Waals surface area contributed by atoms with E-state index in [4.69, 9.17) is 4.74 Å². The third-order valence-electron chi connectivity index (χ3n) is 3.41. The van der Waals surface area contributed by atoms with Crippen molar-refractivity contribution in [2.24, 2.45) is 0 Å². The smallest absolute Gasteiger partial charge is 0.154 e. The summed E-state index contributed by atoms with van der Waals surface area (Å²) in [5, 5.41) is 0. The summed E-state index contributed by atoms with van der Waals surface area (Å²) in [5.41, 5.74) is 4.56. The lowest BCUT2D eigenvalue weighted by molar-refractivity contribution is 0.101. The van der Waals surface area contributed by atoms with Gasteiger partial charge in [-0.15, -0.1) is 0 Å². The standard InChI is InChI=1S/C18H24N2O/c1-13-17(18(3,4)5)14(2)20-16(19-13)12-21-11-15-9-7-6-8-10-15/h6-10H,11-12H2,1-5H3. The number of aryl methyl sites for hydroxylation is 2. The minimum atomic E-state index is 0.0671. The van der Waals surface area contributed by atoms with Gasteiger partial charge in [-0.05, 0) is 24.8 Å². The summed E-state index contributed by atoms with van der Waals surface area (Å²) < 4.78 is 5.72. The summed E-state index contributed by atoms with van der Waals surface area (Å²) in [6, 6.07) is 10.1. The molecule has 0 saturated carbocycles. The largest absolute Gasteiger partial charge is 0.369 e. The quantitative estimate of drug-likeness (QED) is 0.847. The summed E-state index contributed by atoms with van der Waals surface area (Å²) in [7, 11) is 0. The molecule has 0 atom stereocenters. The Morgan fingerprint density at radius 1 is 0.905 bits per heavy atom. The maximum absolute atomic E-state index is 5.72. The van der Waals surface area contributed by atoms with Crippen molar-refractivity contribution in [3.63, 3.8) is 0 Å². The zero-order valence-electron chi connectivity index (χ0n) is 13.6. The van der Waals surface area contributed by atoms with Crippen LogP contribution >= 0.6 is 0 Å². The number of ether oxygens (including phenoxy) is 1. The van der Waals surface area contributed by atoms with Crippen LogP contribution in [-0.4, -0.2) is 9.97 Å². The molecule has 0 bridgehead atoms. The van der Waals surface area contributed by atoms with Crippen molar-refractivity contribution in [2.45, 2.75) is 53.2 Å². The van der Waals surface area contributed by atoms with Gasteiger partial charge in [0.25, 0.3) is 0 Å². The third-order valence-corrected chi connectivity index (χ3v) is 3.41. The van der Waals surface area contributed by atoms with Gasteiger partial charge in [-0.2, -0.15) is 0 Å². The van der Waals surface area contributed by atoms with E-state index in [2.05, 4.69) is 56.7 Å². The average Bonchev–Trinajstić information content (AvgIpc) is 2.37. The van der Waals surface area contributed by atoms with Crippen molar-refractivity contribution >= 4 is 0 Å². The molecule has 0 saturated heterocycles. The van der Waals surface area contributed by atoms with Crippen LogP contribution in [0.5, 0.6) is 0 Å². The second-order valence-electron chi connectivity index (χ2n) is 6.41. The number of aromatic nitrogens is 2. The van der Waals surface area contributed by atoms with E-state index in [1.165, 1.54) is 5.56 Å². The van der Waals surface area contributed by atoms with Crippen LogP contribution in [0.2, 0.25) is 0 Å². The molecule has 0 spiro atoms. The molecule has 112 valence electrons. The second kappa shape index (κ2) is 6.35. The highest BCUT2D eigenvalue weighted by atomic mass is 16.5. The van der Waals surface area contributed by atoms with E-state index in [0.717, 1.165) is 22.8 Å². The topological polar surface area (TPSA) is 35.0 Å². The predicted molar refractivity (Wildman–Crippen MR) is 85.1 cm³/mol. The molecule has 0 aliphatic rings. The average molecular weight is 284 g/mol. The Morgan fingerprint density at radius 3 is 2.00 bits per heavy atom. The molecular weight excluding hydrogens is 260 g/mol. The summed E-state index contributed by atoms with van der Waals surface area (Å²) in [4.78, 5) is 9.19. The van der Waals surface area contributed by atoms with E-state index >= 15 is 0 Å². The number of benzene rings is 1. The Hall–Kier alpha value is -1.74. The van der Waals surface area contributed by atoms with Crippen molar-refractivity contribution in [3.05, 3.63) is 58.7 Å². The molecule has 21 heavy (non-hydrogen) atoms. The first-order valence-electron chi connectivity index (χ1n) is 7.34. The van der Waals surface area contributed by atoms with E-state index < -0.39 is 0 Å². The monoisotopic (exact) mass is 284 g/mol. The molecule has 1 heterocycles. The van der Waals surface area contributed by atoms with Crippen molar-refractivity contribution in [3.8, 4) is 0 Å². The molecule has 0 aliphatic heterocycles. The minimum absolute atomic E-state index is 0.0671. The maximum atomic E-state index is 5.72. The van der Waals surface area contributed by atoms with Crippen LogP contribution in [0.4, 0.5) is 0 Å². The number of hydrogen-bond donors (Lipinski definition) is 0. The first-order chi connectivity index (χ1) is 9.88. The summed E-state index contributed by atoms with van der Waals surface area (Å²) in [5.74, 6) is 0.758. The molecule has 0 N–H and O–H groups in total. The normalized spacial score (nSPS) is 11.7. The molecule has 2 aromatic rings. The summed E-state index contributed by atoms with van der Waals surface area (Å²) in [6.07, 6.45) is 0. The first kappa shape index (κ1) is 15.6. The molecule has 0 aliphatic carbocycles. The number of nitrogens with zero attached hydrogens (tertiary/aromatic N) is 2. The molecule has 0 fully saturated rings. The van der Waals surface area contributed by atoms with Crippen molar-refractivity contribution in [2.75, 3.05) is 0 Å². The molecule has 0 amide bonds. The Labute approximate surface area is 127 Å². The van der Waals surface area contributed by atoms with E-state index in [-0.39, 0.29) is 5.41 Å². The van der Waals surface area contributed by atoms with Gasteiger partial charge in [-0.1, -0.05) is 51.1 Å².